The number of alkyl halides is 1. The predicted molar refractivity (Wildman–Crippen MR) is 78.2 cm³/mol. The maximum atomic E-state index is 6.01. The lowest BCUT2D eigenvalue weighted by Crippen LogP contribution is -2.35. The standard InChI is InChI=1S/C15H23ClN2/c1-3-12-4-6-14(7-5-12)18(2)15-11-17-9-8-13(15)10-16/h8-9,11-12,14H,3-7,10H2,1-2H3. The first-order chi connectivity index (χ1) is 8.76. The lowest BCUT2D eigenvalue weighted by atomic mass is 9.84. The van der Waals surface area contributed by atoms with Crippen LogP contribution < -0.4 is 4.90 Å². The fraction of sp³-hybridized carbons (Fsp3) is 0.667. The summed E-state index contributed by atoms with van der Waals surface area (Å²) in [5, 5.41) is 0. The molecule has 0 radical (unpaired) electrons. The van der Waals surface area contributed by atoms with Crippen molar-refractivity contribution in [3.8, 4) is 0 Å². The molecule has 0 amide bonds. The zero-order valence-corrected chi connectivity index (χ0v) is 12.2. The third-order valence-electron chi connectivity index (χ3n) is 4.35. The van der Waals surface area contributed by atoms with Gasteiger partial charge in [0.15, 0.2) is 0 Å². The molecule has 0 spiro atoms. The molecule has 0 atom stereocenters. The summed E-state index contributed by atoms with van der Waals surface area (Å²) in [6.45, 7) is 2.31. The molecule has 100 valence electrons. The number of halogens is 1. The molecular formula is C15H23ClN2. The Hall–Kier alpha value is -0.760. The van der Waals surface area contributed by atoms with E-state index >= 15 is 0 Å². The van der Waals surface area contributed by atoms with Gasteiger partial charge >= 0.3 is 0 Å². The van der Waals surface area contributed by atoms with Crippen LogP contribution in [0, 0.1) is 5.92 Å². The molecule has 0 bridgehead atoms. The number of anilines is 1. The summed E-state index contributed by atoms with van der Waals surface area (Å²) >= 11 is 6.01. The van der Waals surface area contributed by atoms with Crippen molar-refractivity contribution in [2.75, 3.05) is 11.9 Å². The van der Waals surface area contributed by atoms with Crippen LogP contribution in [0.2, 0.25) is 0 Å². The van der Waals surface area contributed by atoms with E-state index in [4.69, 9.17) is 11.6 Å². The smallest absolute Gasteiger partial charge is 0.0597 e. The molecule has 1 saturated carbocycles. The van der Waals surface area contributed by atoms with E-state index in [-0.39, 0.29) is 0 Å². The van der Waals surface area contributed by atoms with Crippen molar-refractivity contribution in [2.24, 2.45) is 5.92 Å². The maximum Gasteiger partial charge on any atom is 0.0597 e. The summed E-state index contributed by atoms with van der Waals surface area (Å²) < 4.78 is 0. The van der Waals surface area contributed by atoms with Crippen molar-refractivity contribution in [3.05, 3.63) is 24.0 Å². The highest BCUT2D eigenvalue weighted by atomic mass is 35.5. The number of pyridine rings is 1. The van der Waals surface area contributed by atoms with Crippen molar-refractivity contribution < 1.29 is 0 Å². The highest BCUT2D eigenvalue weighted by molar-refractivity contribution is 6.17. The average Bonchev–Trinajstić information content (AvgIpc) is 2.46. The van der Waals surface area contributed by atoms with Crippen LogP contribution in [-0.4, -0.2) is 18.1 Å². The molecule has 1 aromatic rings. The molecular weight excluding hydrogens is 244 g/mol. The molecule has 2 nitrogen and oxygen atoms in total. The first-order valence-corrected chi connectivity index (χ1v) is 7.51. The van der Waals surface area contributed by atoms with Gasteiger partial charge in [-0.1, -0.05) is 13.3 Å². The van der Waals surface area contributed by atoms with Gasteiger partial charge in [-0.15, -0.1) is 11.6 Å². The second kappa shape index (κ2) is 6.42. The number of rotatable bonds is 4. The highest BCUT2D eigenvalue weighted by Gasteiger charge is 2.24. The molecule has 18 heavy (non-hydrogen) atoms. The van der Waals surface area contributed by atoms with Crippen molar-refractivity contribution in [3.63, 3.8) is 0 Å². The minimum Gasteiger partial charge on any atom is -0.370 e. The summed E-state index contributed by atoms with van der Waals surface area (Å²) in [6, 6.07) is 2.68. The molecule has 0 aromatic carbocycles. The Kier molecular flexibility index (Phi) is 4.87. The SMILES string of the molecule is CCC1CCC(N(C)c2cnccc2CCl)CC1. The summed E-state index contributed by atoms with van der Waals surface area (Å²) in [5.74, 6) is 1.50. The van der Waals surface area contributed by atoms with E-state index in [1.54, 1.807) is 0 Å². The van der Waals surface area contributed by atoms with Gasteiger partial charge in [-0.25, -0.2) is 0 Å². The normalized spacial score (nSPS) is 23.9. The van der Waals surface area contributed by atoms with Crippen molar-refractivity contribution >= 4 is 17.3 Å². The Morgan fingerprint density at radius 1 is 1.33 bits per heavy atom. The van der Waals surface area contributed by atoms with Gasteiger partial charge in [0.1, 0.15) is 0 Å². The monoisotopic (exact) mass is 266 g/mol. The fourth-order valence-corrected chi connectivity index (χ4v) is 3.21. The summed E-state index contributed by atoms with van der Waals surface area (Å²) in [5.41, 5.74) is 2.39. The quantitative estimate of drug-likeness (QED) is 0.759. The van der Waals surface area contributed by atoms with E-state index in [2.05, 4.69) is 23.9 Å². The van der Waals surface area contributed by atoms with E-state index in [1.165, 1.54) is 43.4 Å². The van der Waals surface area contributed by atoms with E-state index in [0.717, 1.165) is 5.92 Å². The van der Waals surface area contributed by atoms with Crippen LogP contribution in [-0.2, 0) is 5.88 Å². The minimum atomic E-state index is 0.562. The van der Waals surface area contributed by atoms with Gasteiger partial charge in [-0.05, 0) is 43.2 Å². The Labute approximate surface area is 115 Å². The van der Waals surface area contributed by atoms with Crippen LogP contribution >= 0.6 is 11.6 Å². The average molecular weight is 267 g/mol. The van der Waals surface area contributed by atoms with Gasteiger partial charge in [0.05, 0.1) is 11.9 Å². The van der Waals surface area contributed by atoms with Crippen LogP contribution in [0.15, 0.2) is 18.5 Å². The second-order valence-corrected chi connectivity index (χ2v) is 5.60. The predicted octanol–water partition coefficient (Wildman–Crippen LogP) is 4.23. The molecule has 2 rings (SSSR count). The van der Waals surface area contributed by atoms with Crippen molar-refractivity contribution in [1.29, 1.82) is 0 Å². The van der Waals surface area contributed by atoms with E-state index in [1.807, 2.05) is 18.5 Å². The fourth-order valence-electron chi connectivity index (χ4n) is 2.98. The minimum absolute atomic E-state index is 0.562. The first-order valence-electron chi connectivity index (χ1n) is 6.98. The Morgan fingerprint density at radius 2 is 2.06 bits per heavy atom. The van der Waals surface area contributed by atoms with E-state index < -0.39 is 0 Å². The summed E-state index contributed by atoms with van der Waals surface area (Å²) in [4.78, 5) is 6.63. The number of hydrogen-bond donors (Lipinski definition) is 0. The molecule has 1 aromatic heterocycles. The lowest BCUT2D eigenvalue weighted by Gasteiger charge is -2.36. The van der Waals surface area contributed by atoms with Gasteiger partial charge in [0.25, 0.3) is 0 Å². The molecule has 1 fully saturated rings. The zero-order chi connectivity index (χ0) is 13.0. The lowest BCUT2D eigenvalue weighted by molar-refractivity contribution is 0.313. The van der Waals surface area contributed by atoms with Crippen LogP contribution in [0.1, 0.15) is 44.6 Å². The third-order valence-corrected chi connectivity index (χ3v) is 4.64. The third kappa shape index (κ3) is 2.97. The van der Waals surface area contributed by atoms with Crippen molar-refractivity contribution in [2.45, 2.75) is 50.9 Å². The second-order valence-electron chi connectivity index (χ2n) is 5.33. The van der Waals surface area contributed by atoms with E-state index in [9.17, 15) is 0 Å². The molecule has 0 saturated heterocycles. The number of hydrogen-bond acceptors (Lipinski definition) is 2. The van der Waals surface area contributed by atoms with Crippen molar-refractivity contribution in [1.82, 2.24) is 4.98 Å². The van der Waals surface area contributed by atoms with Crippen LogP contribution in [0.25, 0.3) is 0 Å². The molecule has 0 N–H and O–H groups in total. The Balaban J connectivity index is 2.05. The van der Waals surface area contributed by atoms with Crippen LogP contribution in [0.3, 0.4) is 0 Å². The largest absolute Gasteiger partial charge is 0.370 e. The summed E-state index contributed by atoms with van der Waals surface area (Å²) in [6.07, 6.45) is 10.4. The number of nitrogens with zero attached hydrogens (tertiary/aromatic N) is 2. The Bertz CT molecular complexity index is 373. The molecule has 1 aliphatic carbocycles. The van der Waals surface area contributed by atoms with Crippen LogP contribution in [0.5, 0.6) is 0 Å². The molecule has 1 aliphatic rings. The van der Waals surface area contributed by atoms with Gasteiger partial charge in [-0.3, -0.25) is 4.98 Å². The van der Waals surface area contributed by atoms with Crippen LogP contribution in [0.4, 0.5) is 5.69 Å². The van der Waals surface area contributed by atoms with Gasteiger partial charge in [0.2, 0.25) is 0 Å². The molecule has 0 unspecified atom stereocenters. The Morgan fingerprint density at radius 3 is 2.67 bits per heavy atom. The van der Waals surface area contributed by atoms with Gasteiger partial charge in [0, 0.05) is 25.2 Å². The number of aromatic nitrogens is 1. The van der Waals surface area contributed by atoms with Gasteiger partial charge < -0.3 is 4.90 Å². The highest BCUT2D eigenvalue weighted by Crippen LogP contribution is 2.32. The molecule has 0 aliphatic heterocycles. The topological polar surface area (TPSA) is 16.1 Å². The summed E-state index contributed by atoms with van der Waals surface area (Å²) in [7, 11) is 2.18. The maximum absolute atomic E-state index is 6.01. The van der Waals surface area contributed by atoms with E-state index in [0.29, 0.717) is 11.9 Å². The van der Waals surface area contributed by atoms with Gasteiger partial charge in [-0.2, -0.15) is 0 Å². The zero-order valence-electron chi connectivity index (χ0n) is 11.4. The molecule has 1 heterocycles. The molecule has 3 heteroatoms. The first kappa shape index (κ1) is 13.7.